The van der Waals surface area contributed by atoms with Crippen LogP contribution in [-0.4, -0.2) is 6.61 Å². The van der Waals surface area contributed by atoms with Gasteiger partial charge in [0.1, 0.15) is 0 Å². The number of unbranched alkanes of at least 4 members (excludes halogenated alkanes) is 10. The van der Waals surface area contributed by atoms with Gasteiger partial charge in [-0.3, -0.25) is 0 Å². The first-order valence-corrected chi connectivity index (χ1v) is 9.05. The summed E-state index contributed by atoms with van der Waals surface area (Å²) >= 11 is 0. The van der Waals surface area contributed by atoms with Gasteiger partial charge in [-0.1, -0.05) is 101 Å². The van der Waals surface area contributed by atoms with Crippen molar-refractivity contribution in [2.24, 2.45) is 0 Å². The molecule has 0 heterocycles. The van der Waals surface area contributed by atoms with Gasteiger partial charge in [-0.2, -0.15) is 0 Å². The lowest BCUT2D eigenvalue weighted by Gasteiger charge is -2.05. The second-order valence-corrected chi connectivity index (χ2v) is 6.07. The fourth-order valence-electron chi connectivity index (χ4n) is 2.63. The molecule has 0 saturated heterocycles. The van der Waals surface area contributed by atoms with Crippen molar-refractivity contribution >= 4 is 0 Å². The van der Waals surface area contributed by atoms with Gasteiger partial charge in [0.15, 0.2) is 0 Å². The third-order valence-electron chi connectivity index (χ3n) is 4.00. The Morgan fingerprint density at radius 3 is 1.76 bits per heavy atom. The average Bonchev–Trinajstić information content (AvgIpc) is 2.53. The van der Waals surface area contributed by atoms with Crippen LogP contribution in [0.1, 0.15) is 83.1 Å². The lowest BCUT2D eigenvalue weighted by Crippen LogP contribution is -1.95. The molecule has 0 aliphatic carbocycles. The van der Waals surface area contributed by atoms with Crippen LogP contribution >= 0.6 is 0 Å². The zero-order chi connectivity index (χ0) is 15.0. The first kappa shape index (κ1) is 18.2. The maximum absolute atomic E-state index is 5.70. The molecule has 0 aliphatic heterocycles. The van der Waals surface area contributed by atoms with Gasteiger partial charge >= 0.3 is 0 Å². The third-order valence-corrected chi connectivity index (χ3v) is 4.00. The summed E-state index contributed by atoms with van der Waals surface area (Å²) in [5.41, 5.74) is 1.28. The van der Waals surface area contributed by atoms with Gasteiger partial charge in [-0.25, -0.2) is 0 Å². The van der Waals surface area contributed by atoms with Crippen molar-refractivity contribution in [2.45, 2.75) is 84.2 Å². The molecule has 0 unspecified atom stereocenters. The molecule has 1 nitrogen and oxygen atoms in total. The second kappa shape index (κ2) is 14.1. The van der Waals surface area contributed by atoms with Crippen LogP contribution in [0.25, 0.3) is 0 Å². The molecule has 0 radical (unpaired) electrons. The summed E-state index contributed by atoms with van der Waals surface area (Å²) in [5, 5.41) is 0. The van der Waals surface area contributed by atoms with E-state index in [4.69, 9.17) is 4.74 Å². The molecule has 0 bridgehead atoms. The Morgan fingerprint density at radius 2 is 1.19 bits per heavy atom. The lowest BCUT2D eigenvalue weighted by molar-refractivity contribution is 0.116. The quantitative estimate of drug-likeness (QED) is 0.355. The fraction of sp³-hybridized carbons (Fsp3) is 0.700. The van der Waals surface area contributed by atoms with Gasteiger partial charge in [0, 0.05) is 6.61 Å². The van der Waals surface area contributed by atoms with Crippen LogP contribution in [0.4, 0.5) is 0 Å². The number of ether oxygens (including phenoxy) is 1. The van der Waals surface area contributed by atoms with Crippen molar-refractivity contribution in [1.29, 1.82) is 0 Å². The van der Waals surface area contributed by atoms with E-state index in [-0.39, 0.29) is 0 Å². The summed E-state index contributed by atoms with van der Waals surface area (Å²) in [6, 6.07) is 10.4. The minimum atomic E-state index is 0.762. The summed E-state index contributed by atoms with van der Waals surface area (Å²) < 4.78 is 5.70. The van der Waals surface area contributed by atoms with Crippen LogP contribution in [0.3, 0.4) is 0 Å². The van der Waals surface area contributed by atoms with E-state index in [1.54, 1.807) is 0 Å². The molecule has 1 aromatic rings. The first-order valence-electron chi connectivity index (χ1n) is 9.05. The van der Waals surface area contributed by atoms with Crippen molar-refractivity contribution in [3.8, 4) is 0 Å². The van der Waals surface area contributed by atoms with E-state index in [1.807, 2.05) is 6.07 Å². The average molecular weight is 290 g/mol. The summed E-state index contributed by atoms with van der Waals surface area (Å²) in [4.78, 5) is 0. The highest BCUT2D eigenvalue weighted by atomic mass is 16.5. The van der Waals surface area contributed by atoms with Crippen molar-refractivity contribution in [3.05, 3.63) is 35.9 Å². The lowest BCUT2D eigenvalue weighted by atomic mass is 10.1. The van der Waals surface area contributed by atoms with Crippen molar-refractivity contribution in [1.82, 2.24) is 0 Å². The predicted octanol–water partition coefficient (Wildman–Crippen LogP) is 6.51. The van der Waals surface area contributed by atoms with Gasteiger partial charge in [0.25, 0.3) is 0 Å². The summed E-state index contributed by atoms with van der Waals surface area (Å²) in [6.45, 7) is 3.95. The molecule has 21 heavy (non-hydrogen) atoms. The van der Waals surface area contributed by atoms with Crippen LogP contribution in [0.15, 0.2) is 30.3 Å². The SMILES string of the molecule is CCCCCCCCCCCCCOCc1ccccc1. The van der Waals surface area contributed by atoms with Crippen LogP contribution in [-0.2, 0) is 11.3 Å². The van der Waals surface area contributed by atoms with Crippen LogP contribution in [0.5, 0.6) is 0 Å². The molecule has 1 heteroatoms. The number of benzene rings is 1. The van der Waals surface area contributed by atoms with E-state index in [0.29, 0.717) is 0 Å². The molecule has 0 spiro atoms. The normalized spacial score (nSPS) is 10.9. The van der Waals surface area contributed by atoms with E-state index < -0.39 is 0 Å². The maximum atomic E-state index is 5.70. The zero-order valence-corrected chi connectivity index (χ0v) is 14.0. The summed E-state index contributed by atoms with van der Waals surface area (Å²) in [6.07, 6.45) is 15.3. The topological polar surface area (TPSA) is 9.23 Å². The predicted molar refractivity (Wildman–Crippen MR) is 92.6 cm³/mol. The highest BCUT2D eigenvalue weighted by Gasteiger charge is 1.94. The van der Waals surface area contributed by atoms with Crippen LogP contribution in [0, 0.1) is 0 Å². The number of rotatable bonds is 14. The van der Waals surface area contributed by atoms with Gasteiger partial charge in [-0.05, 0) is 12.0 Å². The Hall–Kier alpha value is -0.820. The second-order valence-electron chi connectivity index (χ2n) is 6.07. The number of hydrogen-bond donors (Lipinski definition) is 0. The highest BCUT2D eigenvalue weighted by molar-refractivity contribution is 5.13. The van der Waals surface area contributed by atoms with Crippen LogP contribution < -0.4 is 0 Å². The van der Waals surface area contributed by atoms with Gasteiger partial charge in [0.05, 0.1) is 6.61 Å². The summed E-state index contributed by atoms with van der Waals surface area (Å²) in [7, 11) is 0. The molecule has 0 N–H and O–H groups in total. The molecule has 0 fully saturated rings. The molecule has 0 aliphatic rings. The Balaban J connectivity index is 1.75. The first-order chi connectivity index (χ1) is 10.4. The van der Waals surface area contributed by atoms with E-state index >= 15 is 0 Å². The molecular weight excluding hydrogens is 256 g/mol. The Labute approximate surface area is 132 Å². The maximum Gasteiger partial charge on any atom is 0.0716 e. The Morgan fingerprint density at radius 1 is 0.667 bits per heavy atom. The molecule has 0 saturated carbocycles. The molecular formula is C20H34O. The van der Waals surface area contributed by atoms with Gasteiger partial charge in [0.2, 0.25) is 0 Å². The molecule has 120 valence electrons. The van der Waals surface area contributed by atoms with Gasteiger partial charge in [-0.15, -0.1) is 0 Å². The molecule has 0 amide bonds. The Bertz CT molecular complexity index is 307. The molecule has 1 aromatic carbocycles. The molecule has 0 atom stereocenters. The molecule has 1 rings (SSSR count). The fourth-order valence-corrected chi connectivity index (χ4v) is 2.63. The smallest absolute Gasteiger partial charge is 0.0716 e. The van der Waals surface area contributed by atoms with Gasteiger partial charge < -0.3 is 4.74 Å². The monoisotopic (exact) mass is 290 g/mol. The minimum absolute atomic E-state index is 0.762. The highest BCUT2D eigenvalue weighted by Crippen LogP contribution is 2.11. The van der Waals surface area contributed by atoms with Crippen molar-refractivity contribution < 1.29 is 4.74 Å². The van der Waals surface area contributed by atoms with E-state index in [2.05, 4.69) is 31.2 Å². The van der Waals surface area contributed by atoms with Crippen molar-refractivity contribution in [3.63, 3.8) is 0 Å². The zero-order valence-electron chi connectivity index (χ0n) is 14.0. The van der Waals surface area contributed by atoms with E-state index in [1.165, 1.54) is 76.2 Å². The molecule has 0 aromatic heterocycles. The van der Waals surface area contributed by atoms with E-state index in [0.717, 1.165) is 13.2 Å². The largest absolute Gasteiger partial charge is 0.377 e. The number of hydrogen-bond acceptors (Lipinski definition) is 1. The summed E-state index contributed by atoms with van der Waals surface area (Å²) in [5.74, 6) is 0. The Kier molecular flexibility index (Phi) is 12.3. The van der Waals surface area contributed by atoms with Crippen molar-refractivity contribution in [2.75, 3.05) is 6.61 Å². The standard InChI is InChI=1S/C20H34O/c1-2-3-4-5-6-7-8-9-10-11-15-18-21-19-20-16-13-12-14-17-20/h12-14,16-17H,2-11,15,18-19H2,1H3. The minimum Gasteiger partial charge on any atom is -0.377 e. The van der Waals surface area contributed by atoms with Crippen LogP contribution in [0.2, 0.25) is 0 Å². The third kappa shape index (κ3) is 11.5. The van der Waals surface area contributed by atoms with E-state index in [9.17, 15) is 0 Å².